The fourth-order valence-corrected chi connectivity index (χ4v) is 1.93. The summed E-state index contributed by atoms with van der Waals surface area (Å²) < 4.78 is 44.0. The highest BCUT2D eigenvalue weighted by atomic mass is 19.4. The molecule has 0 fully saturated rings. The number of aromatic nitrogens is 1. The van der Waals surface area contributed by atoms with Gasteiger partial charge in [0.05, 0.1) is 18.2 Å². The maximum absolute atomic E-state index is 13.0. The Bertz CT molecular complexity index is 639. The molecule has 0 spiro atoms. The number of halogens is 3. The van der Waals surface area contributed by atoms with Crippen LogP contribution >= 0.6 is 0 Å². The van der Waals surface area contributed by atoms with E-state index in [0.29, 0.717) is 6.29 Å². The Kier molecular flexibility index (Phi) is 3.74. The zero-order chi connectivity index (χ0) is 14.8. The molecule has 0 unspecified atom stereocenters. The van der Waals surface area contributed by atoms with Gasteiger partial charge in [0, 0.05) is 6.20 Å². The fourth-order valence-electron chi connectivity index (χ4n) is 1.93. The molecule has 0 N–H and O–H groups in total. The van der Waals surface area contributed by atoms with Crippen LogP contribution in [0, 0.1) is 0 Å². The second kappa shape index (κ2) is 5.32. The summed E-state index contributed by atoms with van der Waals surface area (Å²) in [7, 11) is 1.30. The molecule has 3 nitrogen and oxygen atoms in total. The number of carbonyl (C=O) groups is 1. The van der Waals surface area contributed by atoms with Gasteiger partial charge in [-0.2, -0.15) is 13.2 Å². The van der Waals surface area contributed by atoms with Crippen LogP contribution < -0.4 is 4.74 Å². The maximum atomic E-state index is 13.0. The Morgan fingerprint density at radius 2 is 1.85 bits per heavy atom. The number of benzene rings is 1. The van der Waals surface area contributed by atoms with E-state index in [4.69, 9.17) is 4.74 Å². The van der Waals surface area contributed by atoms with E-state index in [2.05, 4.69) is 4.98 Å². The van der Waals surface area contributed by atoms with Crippen molar-refractivity contribution in [2.45, 2.75) is 6.18 Å². The lowest BCUT2D eigenvalue weighted by Crippen LogP contribution is -2.08. The molecule has 1 aromatic heterocycles. The molecule has 0 bridgehead atoms. The first-order valence-electron chi connectivity index (χ1n) is 5.63. The smallest absolute Gasteiger partial charge is 0.417 e. The number of methoxy groups -OCH3 is 1. The number of carbonyl (C=O) groups excluding carboxylic acids is 1. The Hall–Kier alpha value is -2.37. The van der Waals surface area contributed by atoms with Crippen LogP contribution in [0.2, 0.25) is 0 Å². The molecule has 0 saturated heterocycles. The van der Waals surface area contributed by atoms with E-state index in [9.17, 15) is 18.0 Å². The second-order valence-electron chi connectivity index (χ2n) is 3.94. The molecule has 20 heavy (non-hydrogen) atoms. The van der Waals surface area contributed by atoms with Gasteiger partial charge in [0.1, 0.15) is 0 Å². The Morgan fingerprint density at radius 1 is 1.15 bits per heavy atom. The molecule has 0 aliphatic heterocycles. The SMILES string of the molecule is COc1nccc(-c2ccccc2C(F)(F)F)c1C=O. The minimum absolute atomic E-state index is 0.00511. The first-order chi connectivity index (χ1) is 9.49. The van der Waals surface area contributed by atoms with Crippen molar-refractivity contribution in [1.29, 1.82) is 0 Å². The van der Waals surface area contributed by atoms with Crippen LogP contribution in [0.5, 0.6) is 5.88 Å². The molecule has 0 aliphatic carbocycles. The van der Waals surface area contributed by atoms with E-state index in [-0.39, 0.29) is 22.6 Å². The Labute approximate surface area is 113 Å². The Balaban J connectivity index is 2.73. The number of aldehydes is 1. The van der Waals surface area contributed by atoms with Crippen molar-refractivity contribution < 1.29 is 22.7 Å². The number of hydrogen-bond acceptors (Lipinski definition) is 3. The topological polar surface area (TPSA) is 39.2 Å². The first-order valence-corrected chi connectivity index (χ1v) is 5.63. The lowest BCUT2D eigenvalue weighted by molar-refractivity contribution is -0.137. The molecule has 0 aliphatic rings. The minimum Gasteiger partial charge on any atom is -0.480 e. The zero-order valence-electron chi connectivity index (χ0n) is 10.4. The number of ether oxygens (including phenoxy) is 1. The average Bonchev–Trinajstić information content (AvgIpc) is 2.45. The van der Waals surface area contributed by atoms with Crippen LogP contribution in [0.25, 0.3) is 11.1 Å². The first kappa shape index (κ1) is 14.0. The van der Waals surface area contributed by atoms with Gasteiger partial charge in [-0.05, 0) is 23.3 Å². The van der Waals surface area contributed by atoms with E-state index in [0.717, 1.165) is 6.07 Å². The standard InChI is InChI=1S/C14H10F3NO2/c1-20-13-11(8-19)9(6-7-18-13)10-4-2-3-5-12(10)14(15,16)17/h2-8H,1H3. The van der Waals surface area contributed by atoms with Crippen LogP contribution in [0.3, 0.4) is 0 Å². The summed E-state index contributed by atoms with van der Waals surface area (Å²) in [5.74, 6) is -0.00511. The summed E-state index contributed by atoms with van der Waals surface area (Å²) >= 11 is 0. The van der Waals surface area contributed by atoms with Gasteiger partial charge in [0.2, 0.25) is 5.88 Å². The van der Waals surface area contributed by atoms with Crippen molar-refractivity contribution in [2.24, 2.45) is 0 Å². The number of alkyl halides is 3. The Morgan fingerprint density at radius 3 is 2.45 bits per heavy atom. The normalized spacial score (nSPS) is 11.2. The van der Waals surface area contributed by atoms with Gasteiger partial charge in [-0.3, -0.25) is 4.79 Å². The number of rotatable bonds is 3. The van der Waals surface area contributed by atoms with Crippen LogP contribution in [0.1, 0.15) is 15.9 Å². The van der Waals surface area contributed by atoms with Gasteiger partial charge >= 0.3 is 6.18 Å². The summed E-state index contributed by atoms with van der Waals surface area (Å²) in [4.78, 5) is 15.0. The van der Waals surface area contributed by atoms with Crippen LogP contribution in [0.4, 0.5) is 13.2 Å². The van der Waals surface area contributed by atoms with Crippen molar-refractivity contribution in [1.82, 2.24) is 4.98 Å². The fraction of sp³-hybridized carbons (Fsp3) is 0.143. The van der Waals surface area contributed by atoms with Gasteiger partial charge in [0.15, 0.2) is 6.29 Å². The third-order valence-electron chi connectivity index (χ3n) is 2.79. The zero-order valence-corrected chi connectivity index (χ0v) is 10.4. The van der Waals surface area contributed by atoms with Crippen molar-refractivity contribution >= 4 is 6.29 Å². The monoisotopic (exact) mass is 281 g/mol. The molecule has 6 heteroatoms. The molecular formula is C14H10F3NO2. The highest BCUT2D eigenvalue weighted by Gasteiger charge is 2.34. The molecule has 0 atom stereocenters. The summed E-state index contributed by atoms with van der Waals surface area (Å²) in [6.07, 6.45) is -2.77. The third kappa shape index (κ3) is 2.49. The maximum Gasteiger partial charge on any atom is 0.417 e. The molecule has 0 saturated carbocycles. The molecule has 2 rings (SSSR count). The van der Waals surface area contributed by atoms with Crippen molar-refractivity contribution in [3.63, 3.8) is 0 Å². The molecule has 0 radical (unpaired) electrons. The predicted octanol–water partition coefficient (Wildman–Crippen LogP) is 3.59. The van der Waals surface area contributed by atoms with Crippen LogP contribution in [-0.4, -0.2) is 18.4 Å². The molecule has 104 valence electrons. The lowest BCUT2D eigenvalue weighted by Gasteiger charge is -2.14. The van der Waals surface area contributed by atoms with E-state index in [1.807, 2.05) is 0 Å². The van der Waals surface area contributed by atoms with E-state index >= 15 is 0 Å². The predicted molar refractivity (Wildman–Crippen MR) is 66.6 cm³/mol. The van der Waals surface area contributed by atoms with E-state index < -0.39 is 11.7 Å². The van der Waals surface area contributed by atoms with Crippen LogP contribution in [0.15, 0.2) is 36.5 Å². The van der Waals surface area contributed by atoms with Crippen LogP contribution in [-0.2, 0) is 6.18 Å². The number of nitrogens with zero attached hydrogens (tertiary/aromatic N) is 1. The molecule has 1 aromatic carbocycles. The molecular weight excluding hydrogens is 271 g/mol. The van der Waals surface area contributed by atoms with Gasteiger partial charge < -0.3 is 4.74 Å². The van der Waals surface area contributed by atoms with Crippen molar-refractivity contribution in [3.8, 4) is 17.0 Å². The summed E-state index contributed by atoms with van der Waals surface area (Å²) in [5.41, 5.74) is -0.759. The van der Waals surface area contributed by atoms with Gasteiger partial charge in [-0.25, -0.2) is 4.98 Å². The third-order valence-corrected chi connectivity index (χ3v) is 2.79. The highest BCUT2D eigenvalue weighted by molar-refractivity contribution is 5.91. The van der Waals surface area contributed by atoms with E-state index in [1.54, 1.807) is 0 Å². The van der Waals surface area contributed by atoms with Gasteiger partial charge in [-0.1, -0.05) is 18.2 Å². The summed E-state index contributed by atoms with van der Waals surface area (Å²) in [6.45, 7) is 0. The lowest BCUT2D eigenvalue weighted by atomic mass is 9.96. The summed E-state index contributed by atoms with van der Waals surface area (Å²) in [6, 6.07) is 6.41. The second-order valence-corrected chi connectivity index (χ2v) is 3.94. The highest BCUT2D eigenvalue weighted by Crippen LogP contribution is 2.38. The number of pyridine rings is 1. The van der Waals surface area contributed by atoms with Gasteiger partial charge in [0.25, 0.3) is 0 Å². The molecule has 2 aromatic rings. The number of hydrogen-bond donors (Lipinski definition) is 0. The van der Waals surface area contributed by atoms with Gasteiger partial charge in [-0.15, -0.1) is 0 Å². The molecule has 1 heterocycles. The minimum atomic E-state index is -4.51. The molecule has 0 amide bonds. The largest absolute Gasteiger partial charge is 0.480 e. The quantitative estimate of drug-likeness (QED) is 0.807. The summed E-state index contributed by atoms with van der Waals surface area (Å²) in [5, 5.41) is 0. The van der Waals surface area contributed by atoms with E-state index in [1.165, 1.54) is 37.6 Å². The van der Waals surface area contributed by atoms with Crippen molar-refractivity contribution in [2.75, 3.05) is 7.11 Å². The van der Waals surface area contributed by atoms with Crippen molar-refractivity contribution in [3.05, 3.63) is 47.7 Å². The average molecular weight is 281 g/mol.